The molecule has 0 aliphatic carbocycles. The maximum Gasteiger partial charge on any atom is 0.330 e. The van der Waals surface area contributed by atoms with Crippen LogP contribution in [0.3, 0.4) is 0 Å². The van der Waals surface area contributed by atoms with E-state index in [1.165, 1.54) is 33.5 Å². The molecule has 1 amide bonds. The molecule has 0 saturated heterocycles. The van der Waals surface area contributed by atoms with Crippen LogP contribution in [0.15, 0.2) is 63.0 Å². The molecule has 1 aliphatic rings. The average molecular weight is 485 g/mol. The van der Waals surface area contributed by atoms with E-state index in [1.54, 1.807) is 6.07 Å². The van der Waals surface area contributed by atoms with Gasteiger partial charge in [0.15, 0.2) is 0 Å². The molecule has 1 aromatic heterocycles. The van der Waals surface area contributed by atoms with Crippen LogP contribution in [-0.2, 0) is 27.8 Å². The van der Waals surface area contributed by atoms with E-state index in [4.69, 9.17) is 10.9 Å². The zero-order chi connectivity index (χ0) is 24.6. The van der Waals surface area contributed by atoms with Gasteiger partial charge in [-0.3, -0.25) is 19.1 Å². The Hall–Kier alpha value is -3.90. The van der Waals surface area contributed by atoms with E-state index in [0.717, 1.165) is 5.56 Å². The number of rotatable bonds is 6. The molecule has 1 aliphatic heterocycles. The number of nitrogens with two attached hydrogens (primary N) is 2. The van der Waals surface area contributed by atoms with Crippen molar-refractivity contribution >= 4 is 33.1 Å². The molecule has 2 aromatic carbocycles. The highest BCUT2D eigenvalue weighted by Crippen LogP contribution is 2.30. The van der Waals surface area contributed by atoms with Crippen molar-refractivity contribution in [1.82, 2.24) is 9.55 Å². The second-order valence-electron chi connectivity index (χ2n) is 8.05. The summed E-state index contributed by atoms with van der Waals surface area (Å²) in [6.45, 7) is 0.325. The van der Waals surface area contributed by atoms with Crippen LogP contribution in [0.1, 0.15) is 11.1 Å². The first kappa shape index (κ1) is 23.3. The zero-order valence-electron chi connectivity index (χ0n) is 18.4. The molecule has 0 fully saturated rings. The summed E-state index contributed by atoms with van der Waals surface area (Å²) in [6, 6.07) is 13.5. The fourth-order valence-electron chi connectivity index (χ4n) is 4.05. The van der Waals surface area contributed by atoms with Crippen LogP contribution >= 0.6 is 0 Å². The van der Waals surface area contributed by atoms with Gasteiger partial charge in [-0.25, -0.2) is 18.4 Å². The summed E-state index contributed by atoms with van der Waals surface area (Å²) >= 11 is 0. The Morgan fingerprint density at radius 3 is 2.53 bits per heavy atom. The molecule has 12 heteroatoms. The second-order valence-corrected chi connectivity index (χ2v) is 9.61. The van der Waals surface area contributed by atoms with Gasteiger partial charge in [-0.15, -0.1) is 0 Å². The summed E-state index contributed by atoms with van der Waals surface area (Å²) in [5, 5.41) is 5.19. The van der Waals surface area contributed by atoms with Crippen molar-refractivity contribution < 1.29 is 13.2 Å². The molecule has 0 spiro atoms. The minimum Gasteiger partial charge on any atom is -0.383 e. The average Bonchev–Trinajstić information content (AvgIpc) is 3.20. The second kappa shape index (κ2) is 8.80. The van der Waals surface area contributed by atoms with Crippen molar-refractivity contribution in [2.45, 2.75) is 17.9 Å². The van der Waals surface area contributed by atoms with Gasteiger partial charge in [0.1, 0.15) is 11.5 Å². The first-order chi connectivity index (χ1) is 16.1. The number of carbonyl (C=O) groups excluding carboxylic acids is 1. The molecule has 178 valence electrons. The van der Waals surface area contributed by atoms with Gasteiger partial charge in [-0.05, 0) is 35.7 Å². The van der Waals surface area contributed by atoms with Crippen LogP contribution in [-0.4, -0.2) is 44.0 Å². The summed E-state index contributed by atoms with van der Waals surface area (Å²) < 4.78 is 24.4. The maximum absolute atomic E-state index is 13.1. The largest absolute Gasteiger partial charge is 0.383 e. The lowest BCUT2D eigenvalue weighted by atomic mass is 10.2. The topological polar surface area (TPSA) is 165 Å². The smallest absolute Gasteiger partial charge is 0.330 e. The molecule has 0 atom stereocenters. The van der Waals surface area contributed by atoms with E-state index in [-0.39, 0.29) is 35.4 Å². The van der Waals surface area contributed by atoms with Gasteiger partial charge in [0.2, 0.25) is 15.9 Å². The Balaban J connectivity index is 1.59. The van der Waals surface area contributed by atoms with E-state index in [2.05, 4.69) is 4.98 Å². The number of nitrogens with one attached hydrogen (secondary N) is 1. The third-order valence-electron chi connectivity index (χ3n) is 5.73. The van der Waals surface area contributed by atoms with E-state index >= 15 is 0 Å². The van der Waals surface area contributed by atoms with Gasteiger partial charge in [0, 0.05) is 19.3 Å². The maximum atomic E-state index is 13.1. The van der Waals surface area contributed by atoms with Crippen LogP contribution in [0.2, 0.25) is 0 Å². The van der Waals surface area contributed by atoms with Crippen LogP contribution in [0, 0.1) is 0 Å². The van der Waals surface area contributed by atoms with E-state index in [9.17, 15) is 22.8 Å². The van der Waals surface area contributed by atoms with Crippen molar-refractivity contribution in [3.05, 3.63) is 80.5 Å². The lowest BCUT2D eigenvalue weighted by molar-refractivity contribution is -0.117. The molecular weight excluding hydrogens is 460 g/mol. The Labute approximate surface area is 195 Å². The number of H-pyrrole nitrogens is 1. The van der Waals surface area contributed by atoms with Crippen molar-refractivity contribution in [3.8, 4) is 0 Å². The van der Waals surface area contributed by atoms with Gasteiger partial charge in [0.05, 0.1) is 18.0 Å². The molecule has 0 unspecified atom stereocenters. The van der Waals surface area contributed by atoms with E-state index < -0.39 is 21.3 Å². The summed E-state index contributed by atoms with van der Waals surface area (Å²) in [7, 11) is -2.31. The number of carbonyl (C=O) groups is 1. The molecule has 11 nitrogen and oxygen atoms in total. The van der Waals surface area contributed by atoms with Crippen LogP contribution in [0.5, 0.6) is 0 Å². The molecule has 34 heavy (non-hydrogen) atoms. The van der Waals surface area contributed by atoms with Crippen LogP contribution in [0.4, 0.5) is 17.2 Å². The van der Waals surface area contributed by atoms with Crippen molar-refractivity contribution in [2.24, 2.45) is 5.14 Å². The predicted octanol–water partition coefficient (Wildman–Crippen LogP) is -0.160. The molecule has 0 radical (unpaired) electrons. The quantitative estimate of drug-likeness (QED) is 0.437. The highest BCUT2D eigenvalue weighted by atomic mass is 32.2. The number of nitrogen functional groups attached to an aromatic ring is 1. The number of fused-ring (bicyclic) bond motifs is 1. The Kier molecular flexibility index (Phi) is 6.02. The number of hydrogen-bond acceptors (Lipinski definition) is 7. The number of anilines is 3. The van der Waals surface area contributed by atoms with Crippen molar-refractivity contribution in [2.75, 3.05) is 35.7 Å². The number of aromatic nitrogens is 2. The van der Waals surface area contributed by atoms with Crippen molar-refractivity contribution in [1.29, 1.82) is 0 Å². The molecule has 0 saturated carbocycles. The number of benzene rings is 2. The number of hydrogen-bond donors (Lipinski definition) is 3. The first-order valence-corrected chi connectivity index (χ1v) is 11.9. The molecule has 0 bridgehead atoms. The highest BCUT2D eigenvalue weighted by molar-refractivity contribution is 7.89. The summed E-state index contributed by atoms with van der Waals surface area (Å²) in [5.74, 6) is -0.364. The molecule has 5 N–H and O–H groups in total. The Bertz CT molecular complexity index is 1480. The van der Waals surface area contributed by atoms with Crippen molar-refractivity contribution in [3.63, 3.8) is 0 Å². The number of primary sulfonamides is 1. The van der Waals surface area contributed by atoms with Gasteiger partial charge in [0.25, 0.3) is 5.56 Å². The van der Waals surface area contributed by atoms with E-state index in [0.29, 0.717) is 24.2 Å². The SMILES string of the molecule is CN(CC(=O)N1CCc2cc(S(N)(=O)=O)ccc21)c1c(N)n(Cc2ccccc2)c(=O)[nH]c1=O. The summed E-state index contributed by atoms with van der Waals surface area (Å²) in [5.41, 5.74) is 6.97. The first-order valence-electron chi connectivity index (χ1n) is 10.4. The normalized spacial score (nSPS) is 13.1. The minimum atomic E-state index is -3.85. The predicted molar refractivity (Wildman–Crippen MR) is 128 cm³/mol. The number of likely N-dealkylation sites (N-methyl/N-ethyl adjacent to an activating group) is 1. The molecular formula is C22H24N6O5S. The van der Waals surface area contributed by atoms with Gasteiger partial charge < -0.3 is 15.5 Å². The lowest BCUT2D eigenvalue weighted by Crippen LogP contribution is -2.42. The Morgan fingerprint density at radius 1 is 1.15 bits per heavy atom. The monoisotopic (exact) mass is 484 g/mol. The fourth-order valence-corrected chi connectivity index (χ4v) is 4.61. The molecule has 3 aromatic rings. The zero-order valence-corrected chi connectivity index (χ0v) is 19.2. The van der Waals surface area contributed by atoms with Gasteiger partial charge in [-0.1, -0.05) is 30.3 Å². The summed E-state index contributed by atoms with van der Waals surface area (Å²) in [6.07, 6.45) is 0.471. The third-order valence-corrected chi connectivity index (χ3v) is 6.64. The van der Waals surface area contributed by atoms with E-state index in [1.807, 2.05) is 30.3 Å². The highest BCUT2D eigenvalue weighted by Gasteiger charge is 2.28. The number of sulfonamides is 1. The molecule has 2 heterocycles. The lowest BCUT2D eigenvalue weighted by Gasteiger charge is -2.24. The fraction of sp³-hybridized carbons (Fsp3) is 0.227. The summed E-state index contributed by atoms with van der Waals surface area (Å²) in [4.78, 5) is 43.2. The third kappa shape index (κ3) is 4.45. The standard InChI is InChI=1S/C22H24N6O5S/c1-26(13-18(29)27-10-9-15-11-16(34(24,32)33)7-8-17(15)27)19-20(23)28(22(31)25-21(19)30)12-14-5-3-2-4-6-14/h2-8,11H,9-10,12-13,23H2,1H3,(H2,24,32,33)(H,25,30,31). The Morgan fingerprint density at radius 2 is 1.85 bits per heavy atom. The number of amides is 1. The van der Waals surface area contributed by atoms with Crippen LogP contribution < -0.4 is 31.9 Å². The minimum absolute atomic E-state index is 0.00729. The van der Waals surface area contributed by atoms with Gasteiger partial charge in [-0.2, -0.15) is 0 Å². The number of aromatic amines is 1. The van der Waals surface area contributed by atoms with Gasteiger partial charge >= 0.3 is 5.69 Å². The van der Waals surface area contributed by atoms with Crippen LogP contribution in [0.25, 0.3) is 0 Å². The molecule has 4 rings (SSSR count). The number of nitrogens with zero attached hydrogens (tertiary/aromatic N) is 3.